The number of phenols is 1. The standard InChI is InChI=1S/C28H31F2N3O4/c1-3-18-5-4-6-19(9-18)15-31-16-27(36)25(12-20-10-21(29)13-22(30)11-20)33-28(37)24-14-23(32-17(2)34)7-8-26(24)35/h4-11,13-14,25,27,31,35-36H,3,12,15-16H2,1-2H3,(H,32,34)(H,33,37)/t25-,27+/m0/s1. The molecule has 0 bridgehead atoms. The summed E-state index contributed by atoms with van der Waals surface area (Å²) in [6.45, 7) is 3.92. The first-order valence-corrected chi connectivity index (χ1v) is 12.0. The third-order valence-corrected chi connectivity index (χ3v) is 5.80. The Morgan fingerprint density at radius 1 is 0.946 bits per heavy atom. The molecule has 7 nitrogen and oxygen atoms in total. The zero-order valence-electron chi connectivity index (χ0n) is 20.7. The van der Waals surface area contributed by atoms with Crippen molar-refractivity contribution >= 4 is 17.5 Å². The van der Waals surface area contributed by atoms with Crippen molar-refractivity contribution in [1.29, 1.82) is 0 Å². The zero-order chi connectivity index (χ0) is 26.9. The summed E-state index contributed by atoms with van der Waals surface area (Å²) < 4.78 is 27.6. The summed E-state index contributed by atoms with van der Waals surface area (Å²) in [5.74, 6) is -2.95. The highest BCUT2D eigenvalue weighted by atomic mass is 19.1. The van der Waals surface area contributed by atoms with Gasteiger partial charge in [-0.25, -0.2) is 8.78 Å². The second-order valence-corrected chi connectivity index (χ2v) is 8.85. The van der Waals surface area contributed by atoms with E-state index in [-0.39, 0.29) is 35.7 Å². The maximum atomic E-state index is 13.8. The molecule has 3 aromatic carbocycles. The van der Waals surface area contributed by atoms with Gasteiger partial charge in [0.2, 0.25) is 5.91 Å². The molecule has 2 atom stereocenters. The van der Waals surface area contributed by atoms with E-state index < -0.39 is 29.7 Å². The van der Waals surface area contributed by atoms with Gasteiger partial charge in [-0.05, 0) is 59.9 Å². The van der Waals surface area contributed by atoms with E-state index >= 15 is 0 Å². The fourth-order valence-corrected chi connectivity index (χ4v) is 3.98. The Kier molecular flexibility index (Phi) is 9.71. The van der Waals surface area contributed by atoms with E-state index in [0.29, 0.717) is 12.2 Å². The topological polar surface area (TPSA) is 111 Å². The molecular weight excluding hydrogens is 480 g/mol. The molecule has 0 aromatic heterocycles. The number of rotatable bonds is 11. The smallest absolute Gasteiger partial charge is 0.255 e. The van der Waals surface area contributed by atoms with Gasteiger partial charge in [0, 0.05) is 31.8 Å². The third-order valence-electron chi connectivity index (χ3n) is 5.80. The lowest BCUT2D eigenvalue weighted by Gasteiger charge is -2.25. The van der Waals surface area contributed by atoms with Gasteiger partial charge < -0.3 is 26.2 Å². The van der Waals surface area contributed by atoms with Crippen LogP contribution in [0.25, 0.3) is 0 Å². The van der Waals surface area contributed by atoms with Gasteiger partial charge >= 0.3 is 0 Å². The van der Waals surface area contributed by atoms with Gasteiger partial charge in [0.25, 0.3) is 5.91 Å². The van der Waals surface area contributed by atoms with Crippen molar-refractivity contribution in [1.82, 2.24) is 10.6 Å². The quantitative estimate of drug-likeness (QED) is 0.252. The van der Waals surface area contributed by atoms with Gasteiger partial charge in [0.05, 0.1) is 17.7 Å². The van der Waals surface area contributed by atoms with Gasteiger partial charge in [-0.3, -0.25) is 9.59 Å². The number of benzene rings is 3. The second-order valence-electron chi connectivity index (χ2n) is 8.85. The van der Waals surface area contributed by atoms with E-state index in [2.05, 4.69) is 28.9 Å². The molecule has 0 saturated heterocycles. The predicted molar refractivity (Wildman–Crippen MR) is 137 cm³/mol. The average Bonchev–Trinajstić information content (AvgIpc) is 2.84. The molecule has 0 radical (unpaired) electrons. The number of carbonyl (C=O) groups excluding carboxylic acids is 2. The number of anilines is 1. The summed E-state index contributed by atoms with van der Waals surface area (Å²) in [7, 11) is 0. The summed E-state index contributed by atoms with van der Waals surface area (Å²) in [4.78, 5) is 24.4. The lowest BCUT2D eigenvalue weighted by molar-refractivity contribution is -0.114. The molecule has 3 aromatic rings. The summed E-state index contributed by atoms with van der Waals surface area (Å²) in [5, 5.41) is 29.5. The fraction of sp³-hybridized carbons (Fsp3) is 0.286. The van der Waals surface area contributed by atoms with Crippen LogP contribution >= 0.6 is 0 Å². The van der Waals surface area contributed by atoms with E-state index in [1.165, 1.54) is 30.7 Å². The number of aromatic hydroxyl groups is 1. The summed E-state index contributed by atoms with van der Waals surface area (Å²) in [5.41, 5.74) is 2.63. The maximum absolute atomic E-state index is 13.8. The fourth-order valence-electron chi connectivity index (χ4n) is 3.98. The lowest BCUT2D eigenvalue weighted by atomic mass is 9.99. The number of hydrogen-bond acceptors (Lipinski definition) is 5. The molecule has 0 aliphatic carbocycles. The van der Waals surface area contributed by atoms with Gasteiger partial charge in [0.1, 0.15) is 17.4 Å². The Hall–Kier alpha value is -3.82. The molecule has 0 aliphatic rings. The molecule has 3 rings (SSSR count). The van der Waals surface area contributed by atoms with Gasteiger partial charge in [-0.15, -0.1) is 0 Å². The Bertz CT molecular complexity index is 1230. The van der Waals surface area contributed by atoms with Crippen LogP contribution in [-0.2, 0) is 24.2 Å². The highest BCUT2D eigenvalue weighted by Gasteiger charge is 2.24. The van der Waals surface area contributed by atoms with E-state index in [1.54, 1.807) is 0 Å². The molecule has 0 aliphatic heterocycles. The lowest BCUT2D eigenvalue weighted by Crippen LogP contribution is -2.48. The van der Waals surface area contributed by atoms with Crippen LogP contribution in [0.5, 0.6) is 5.75 Å². The number of aryl methyl sites for hydroxylation is 1. The minimum atomic E-state index is -1.13. The minimum Gasteiger partial charge on any atom is -0.507 e. The van der Waals surface area contributed by atoms with Crippen LogP contribution in [0.4, 0.5) is 14.5 Å². The molecule has 2 amide bonds. The minimum absolute atomic E-state index is 0.0687. The molecule has 0 heterocycles. The largest absolute Gasteiger partial charge is 0.507 e. The number of phenolic OH excluding ortho intramolecular Hbond substituents is 1. The van der Waals surface area contributed by atoms with Crippen LogP contribution in [0, 0.1) is 11.6 Å². The highest BCUT2D eigenvalue weighted by Crippen LogP contribution is 2.22. The number of aliphatic hydroxyl groups is 1. The van der Waals surface area contributed by atoms with Crippen LogP contribution in [-0.4, -0.2) is 40.7 Å². The molecular formula is C28H31F2N3O4. The normalized spacial score (nSPS) is 12.6. The van der Waals surface area contributed by atoms with Crippen molar-refractivity contribution in [3.63, 3.8) is 0 Å². The summed E-state index contributed by atoms with van der Waals surface area (Å²) in [6, 6.07) is 14.0. The number of halogens is 2. The van der Waals surface area contributed by atoms with Crippen molar-refractivity contribution in [2.45, 2.75) is 45.4 Å². The van der Waals surface area contributed by atoms with Crippen molar-refractivity contribution in [3.8, 4) is 5.75 Å². The number of nitrogens with one attached hydrogen (secondary N) is 3. The second kappa shape index (κ2) is 12.9. The number of amides is 2. The van der Waals surface area contributed by atoms with Crippen molar-refractivity contribution in [2.75, 3.05) is 11.9 Å². The Labute approximate surface area is 214 Å². The van der Waals surface area contributed by atoms with Gasteiger partial charge in [-0.1, -0.05) is 31.2 Å². The van der Waals surface area contributed by atoms with E-state index in [9.17, 15) is 28.6 Å². The molecule has 0 unspecified atom stereocenters. The van der Waals surface area contributed by atoms with Crippen molar-refractivity contribution < 1.29 is 28.6 Å². The maximum Gasteiger partial charge on any atom is 0.255 e. The first kappa shape index (κ1) is 27.8. The van der Waals surface area contributed by atoms with Crippen molar-refractivity contribution in [2.24, 2.45) is 0 Å². The van der Waals surface area contributed by atoms with Crippen LogP contribution in [0.15, 0.2) is 60.7 Å². The number of aliphatic hydroxyl groups excluding tert-OH is 1. The molecule has 196 valence electrons. The van der Waals surface area contributed by atoms with E-state index in [1.807, 2.05) is 18.2 Å². The van der Waals surface area contributed by atoms with Crippen LogP contribution in [0.1, 0.15) is 40.9 Å². The predicted octanol–water partition coefficient (Wildman–Crippen LogP) is 3.68. The van der Waals surface area contributed by atoms with Crippen molar-refractivity contribution in [3.05, 3.63) is 94.6 Å². The molecule has 0 spiro atoms. The monoisotopic (exact) mass is 511 g/mol. The van der Waals surface area contributed by atoms with Gasteiger partial charge in [-0.2, -0.15) is 0 Å². The molecule has 5 N–H and O–H groups in total. The first-order valence-electron chi connectivity index (χ1n) is 12.0. The number of hydrogen-bond donors (Lipinski definition) is 5. The van der Waals surface area contributed by atoms with Gasteiger partial charge in [0.15, 0.2) is 0 Å². The van der Waals surface area contributed by atoms with Crippen LogP contribution < -0.4 is 16.0 Å². The molecule has 9 heteroatoms. The van der Waals surface area contributed by atoms with Crippen LogP contribution in [0.3, 0.4) is 0 Å². The highest BCUT2D eigenvalue weighted by molar-refractivity contribution is 5.99. The van der Waals surface area contributed by atoms with E-state index in [0.717, 1.165) is 30.2 Å². The Morgan fingerprint density at radius 2 is 1.65 bits per heavy atom. The molecule has 0 fully saturated rings. The SMILES string of the molecule is CCc1cccc(CNC[C@@H](O)[C@H](Cc2cc(F)cc(F)c2)NC(=O)c2cc(NC(C)=O)ccc2O)c1. The third kappa shape index (κ3) is 8.37. The zero-order valence-corrected chi connectivity index (χ0v) is 20.7. The first-order chi connectivity index (χ1) is 17.6. The summed E-state index contributed by atoms with van der Waals surface area (Å²) >= 11 is 0. The molecule has 0 saturated carbocycles. The Morgan fingerprint density at radius 3 is 2.32 bits per heavy atom. The Balaban J connectivity index is 1.77. The average molecular weight is 512 g/mol. The van der Waals surface area contributed by atoms with Crippen LogP contribution in [0.2, 0.25) is 0 Å². The summed E-state index contributed by atoms with van der Waals surface area (Å²) in [6.07, 6.45) is -0.309. The van der Waals surface area contributed by atoms with E-state index in [4.69, 9.17) is 0 Å². The number of carbonyl (C=O) groups is 2. The molecule has 37 heavy (non-hydrogen) atoms.